The predicted molar refractivity (Wildman–Crippen MR) is 180 cm³/mol. The maximum atomic E-state index is 13.8. The largest absolute Gasteiger partial charge is 0.505 e. The van der Waals surface area contributed by atoms with E-state index in [2.05, 4.69) is 39.4 Å². The summed E-state index contributed by atoms with van der Waals surface area (Å²) < 4.78 is 8.26. The molecule has 1 amide bonds. The Kier molecular flexibility index (Phi) is 7.79. The molecule has 1 aliphatic rings. The zero-order chi connectivity index (χ0) is 31.9. The number of benzene rings is 3. The van der Waals surface area contributed by atoms with Gasteiger partial charge in [-0.25, -0.2) is 4.98 Å². The summed E-state index contributed by atoms with van der Waals surface area (Å²) in [6.45, 7) is 6.07. The third-order valence-corrected chi connectivity index (χ3v) is 10.2. The van der Waals surface area contributed by atoms with E-state index in [-0.39, 0.29) is 22.2 Å². The van der Waals surface area contributed by atoms with Crippen LogP contribution in [-0.2, 0) is 15.3 Å². The number of ether oxygens (including phenoxy) is 1. The van der Waals surface area contributed by atoms with Crippen molar-refractivity contribution < 1.29 is 19.4 Å². The smallest absolute Gasteiger partial charge is 0.301 e. The average Bonchev–Trinajstić information content (AvgIpc) is 3.75. The maximum absolute atomic E-state index is 13.8. The number of carbonyl (C=O) groups is 2. The summed E-state index contributed by atoms with van der Waals surface area (Å²) in [6.07, 6.45) is 1.85. The molecule has 46 heavy (non-hydrogen) atoms. The van der Waals surface area contributed by atoms with Crippen molar-refractivity contribution in [3.63, 3.8) is 0 Å². The van der Waals surface area contributed by atoms with E-state index in [0.29, 0.717) is 39.4 Å². The van der Waals surface area contributed by atoms with Gasteiger partial charge >= 0.3 is 5.91 Å². The number of Topliss-reactive ketones (excluding diaryl/α,β-unsaturated/α-hetero) is 1. The number of imidazole rings is 1. The number of thioether (sulfide) groups is 1. The Morgan fingerprint density at radius 2 is 1.80 bits per heavy atom. The fourth-order valence-electron chi connectivity index (χ4n) is 5.88. The molecule has 0 saturated carbocycles. The van der Waals surface area contributed by atoms with Gasteiger partial charge in [0.05, 0.1) is 23.9 Å². The predicted octanol–water partition coefficient (Wildman–Crippen LogP) is 7.27. The molecule has 9 nitrogen and oxygen atoms in total. The summed E-state index contributed by atoms with van der Waals surface area (Å²) in [7, 11) is 0. The lowest BCUT2D eigenvalue weighted by Gasteiger charge is -2.22. The number of amides is 1. The van der Waals surface area contributed by atoms with E-state index in [1.165, 1.54) is 33.4 Å². The van der Waals surface area contributed by atoms with Gasteiger partial charge in [0, 0.05) is 11.9 Å². The van der Waals surface area contributed by atoms with Gasteiger partial charge in [0.15, 0.2) is 10.1 Å². The summed E-state index contributed by atoms with van der Waals surface area (Å²) in [6, 6.07) is 24.4. The van der Waals surface area contributed by atoms with Crippen LogP contribution in [0.2, 0.25) is 0 Å². The second-order valence-corrected chi connectivity index (χ2v) is 13.1. The van der Waals surface area contributed by atoms with Gasteiger partial charge in [-0.2, -0.15) is 0 Å². The SMILES string of the molecule is CCOc1cccc(C2/C(=C(\O)c3nc4c(C)cccn4c3C)C(=O)C(=O)N2c2nnc(SCc3cccc4ccccc34)s2)c1. The van der Waals surface area contributed by atoms with Gasteiger partial charge in [0.2, 0.25) is 5.13 Å². The molecular formula is C35H29N5O4S2. The number of aliphatic hydroxyl groups is 1. The number of aromatic nitrogens is 4. The number of hydrogen-bond donors (Lipinski definition) is 1. The molecule has 4 heterocycles. The molecule has 7 rings (SSSR count). The number of anilines is 1. The number of carbonyl (C=O) groups excluding carboxylic acids is 2. The van der Waals surface area contributed by atoms with Gasteiger partial charge in [0.1, 0.15) is 17.1 Å². The number of pyridine rings is 1. The first-order chi connectivity index (χ1) is 22.4. The summed E-state index contributed by atoms with van der Waals surface area (Å²) in [4.78, 5) is 33.6. The number of hydrogen-bond acceptors (Lipinski definition) is 9. The van der Waals surface area contributed by atoms with Crippen LogP contribution < -0.4 is 9.64 Å². The van der Waals surface area contributed by atoms with Crippen molar-refractivity contribution in [2.45, 2.75) is 36.9 Å². The van der Waals surface area contributed by atoms with Crippen molar-refractivity contribution in [1.82, 2.24) is 19.6 Å². The highest BCUT2D eigenvalue weighted by atomic mass is 32.2. The van der Waals surface area contributed by atoms with Crippen LogP contribution in [0, 0.1) is 13.8 Å². The first-order valence-corrected chi connectivity index (χ1v) is 16.6. The van der Waals surface area contributed by atoms with Crippen LogP contribution in [-0.4, -0.2) is 43.0 Å². The van der Waals surface area contributed by atoms with Crippen LogP contribution in [0.15, 0.2) is 95.0 Å². The van der Waals surface area contributed by atoms with Gasteiger partial charge in [-0.3, -0.25) is 14.5 Å². The Morgan fingerprint density at radius 1 is 1.00 bits per heavy atom. The van der Waals surface area contributed by atoms with Crippen molar-refractivity contribution in [2.24, 2.45) is 0 Å². The molecule has 1 fully saturated rings. The average molecular weight is 648 g/mol. The van der Waals surface area contributed by atoms with Crippen molar-refractivity contribution in [2.75, 3.05) is 11.5 Å². The second-order valence-electron chi connectivity index (χ2n) is 10.9. The van der Waals surface area contributed by atoms with Crippen molar-refractivity contribution in [3.05, 3.63) is 119 Å². The molecule has 0 bridgehead atoms. The molecule has 11 heteroatoms. The van der Waals surface area contributed by atoms with E-state index in [9.17, 15) is 14.7 Å². The molecule has 0 radical (unpaired) electrons. The molecule has 1 unspecified atom stereocenters. The zero-order valence-corrected chi connectivity index (χ0v) is 26.9. The summed E-state index contributed by atoms with van der Waals surface area (Å²) >= 11 is 2.74. The summed E-state index contributed by atoms with van der Waals surface area (Å²) in [5.74, 6) is -0.733. The number of fused-ring (bicyclic) bond motifs is 2. The first-order valence-electron chi connectivity index (χ1n) is 14.8. The number of ketones is 1. The molecule has 1 aliphatic heterocycles. The van der Waals surface area contributed by atoms with Gasteiger partial charge in [-0.1, -0.05) is 83.8 Å². The highest BCUT2D eigenvalue weighted by Crippen LogP contribution is 2.45. The van der Waals surface area contributed by atoms with Crippen LogP contribution in [0.3, 0.4) is 0 Å². The minimum absolute atomic E-state index is 0.0667. The Morgan fingerprint density at radius 3 is 2.63 bits per heavy atom. The highest BCUT2D eigenvalue weighted by molar-refractivity contribution is 8.00. The first kappa shape index (κ1) is 29.7. The van der Waals surface area contributed by atoms with Crippen LogP contribution in [0.5, 0.6) is 5.75 Å². The minimum atomic E-state index is -0.977. The molecule has 1 N–H and O–H groups in total. The van der Waals surface area contributed by atoms with Crippen molar-refractivity contribution in [1.29, 1.82) is 0 Å². The molecule has 1 saturated heterocycles. The van der Waals surface area contributed by atoms with Gasteiger partial charge in [0.25, 0.3) is 5.78 Å². The van der Waals surface area contributed by atoms with Crippen LogP contribution in [0.1, 0.15) is 41.0 Å². The molecule has 3 aromatic carbocycles. The number of nitrogens with zero attached hydrogens (tertiary/aromatic N) is 5. The van der Waals surface area contributed by atoms with E-state index in [1.807, 2.05) is 61.7 Å². The lowest BCUT2D eigenvalue weighted by atomic mass is 9.96. The van der Waals surface area contributed by atoms with Crippen molar-refractivity contribution >= 4 is 62.1 Å². The lowest BCUT2D eigenvalue weighted by Crippen LogP contribution is -2.29. The van der Waals surface area contributed by atoms with E-state index in [0.717, 1.165) is 16.5 Å². The third kappa shape index (κ3) is 5.11. The maximum Gasteiger partial charge on any atom is 0.301 e. The lowest BCUT2D eigenvalue weighted by molar-refractivity contribution is -0.132. The Hall–Kier alpha value is -5.00. The molecule has 3 aromatic heterocycles. The number of rotatable bonds is 8. The molecule has 6 aromatic rings. The monoisotopic (exact) mass is 647 g/mol. The Labute approximate surface area is 273 Å². The quantitative estimate of drug-likeness (QED) is 0.0604. The molecular weight excluding hydrogens is 619 g/mol. The van der Waals surface area contributed by atoms with Gasteiger partial charge < -0.3 is 14.2 Å². The summed E-state index contributed by atoms with van der Waals surface area (Å²) in [5.41, 5.74) is 4.13. The van der Waals surface area contributed by atoms with Crippen LogP contribution in [0.25, 0.3) is 22.2 Å². The number of aliphatic hydroxyl groups excluding tert-OH is 1. The van der Waals surface area contributed by atoms with Gasteiger partial charge in [-0.15, -0.1) is 10.2 Å². The molecule has 230 valence electrons. The third-order valence-electron chi connectivity index (χ3n) is 8.07. The second kappa shape index (κ2) is 12.1. The normalized spacial score (nSPS) is 16.2. The van der Waals surface area contributed by atoms with E-state index < -0.39 is 17.7 Å². The van der Waals surface area contributed by atoms with Crippen LogP contribution >= 0.6 is 23.1 Å². The van der Waals surface area contributed by atoms with E-state index in [4.69, 9.17) is 4.74 Å². The van der Waals surface area contributed by atoms with Crippen LogP contribution in [0.4, 0.5) is 5.13 Å². The highest BCUT2D eigenvalue weighted by Gasteiger charge is 2.49. The zero-order valence-electron chi connectivity index (χ0n) is 25.3. The summed E-state index contributed by atoms with van der Waals surface area (Å²) in [5, 5.41) is 23.1. The fourth-order valence-corrected chi connectivity index (χ4v) is 7.75. The molecule has 0 spiro atoms. The fraction of sp³-hybridized carbons (Fsp3) is 0.171. The Balaban J connectivity index is 1.30. The number of aryl methyl sites for hydroxylation is 2. The topological polar surface area (TPSA) is 110 Å². The van der Waals surface area contributed by atoms with Gasteiger partial charge in [-0.05, 0) is 66.4 Å². The van der Waals surface area contributed by atoms with E-state index >= 15 is 0 Å². The Bertz CT molecular complexity index is 2180. The van der Waals surface area contributed by atoms with Crippen molar-refractivity contribution in [3.8, 4) is 5.75 Å². The minimum Gasteiger partial charge on any atom is -0.505 e. The molecule has 1 atom stereocenters. The standard InChI is InChI=1S/C35H29N5O4S2/c1-4-44-25-15-8-13-23(18-25)29-27(30(41)28-21(3)39-17-9-10-20(2)32(39)36-28)31(42)33(43)40(29)34-37-38-35(46-34)45-19-24-14-7-12-22-11-5-6-16-26(22)24/h5-18,29,41H,4,19H2,1-3H3/b30-27+. The molecule has 0 aliphatic carbocycles. The van der Waals surface area contributed by atoms with E-state index in [1.54, 1.807) is 24.3 Å².